The summed E-state index contributed by atoms with van der Waals surface area (Å²) >= 11 is 17.9. The van der Waals surface area contributed by atoms with E-state index in [2.05, 4.69) is 10.6 Å². The zero-order valence-electron chi connectivity index (χ0n) is 16.0. The van der Waals surface area contributed by atoms with Crippen LogP contribution >= 0.6 is 34.8 Å². The van der Waals surface area contributed by atoms with Gasteiger partial charge in [-0.1, -0.05) is 40.9 Å². The molecule has 0 spiro atoms. The summed E-state index contributed by atoms with van der Waals surface area (Å²) in [6.45, 7) is 3.56. The maximum Gasteiger partial charge on any atom is 0.238 e. The highest BCUT2D eigenvalue weighted by atomic mass is 35.5. The molecule has 0 aromatic heterocycles. The Balaban J connectivity index is 1.47. The molecule has 2 N–H and O–H groups in total. The molecular formula is C21H22Cl3N3O2. The number of halogens is 3. The molecule has 2 aromatic carbocycles. The molecule has 0 atom stereocenters. The number of aryl methyl sites for hydroxylation is 1. The fourth-order valence-corrected chi connectivity index (χ4v) is 3.76. The van der Waals surface area contributed by atoms with Crippen molar-refractivity contribution < 1.29 is 9.59 Å². The van der Waals surface area contributed by atoms with Crippen molar-refractivity contribution in [2.75, 3.05) is 30.3 Å². The number of benzene rings is 2. The third kappa shape index (κ3) is 6.09. The fourth-order valence-electron chi connectivity index (χ4n) is 3.29. The van der Waals surface area contributed by atoms with E-state index in [1.54, 1.807) is 30.3 Å². The number of hydrogen-bond donors (Lipinski definition) is 2. The molecule has 1 aliphatic heterocycles. The van der Waals surface area contributed by atoms with Gasteiger partial charge in [-0.3, -0.25) is 14.5 Å². The van der Waals surface area contributed by atoms with Gasteiger partial charge in [-0.25, -0.2) is 0 Å². The molecule has 2 aromatic rings. The van der Waals surface area contributed by atoms with Gasteiger partial charge < -0.3 is 10.6 Å². The molecule has 154 valence electrons. The minimum Gasteiger partial charge on any atom is -0.326 e. The molecule has 1 saturated heterocycles. The second-order valence-electron chi connectivity index (χ2n) is 7.18. The Labute approximate surface area is 185 Å². The summed E-state index contributed by atoms with van der Waals surface area (Å²) in [6.07, 6.45) is 1.40. The molecular weight excluding hydrogens is 433 g/mol. The first-order valence-corrected chi connectivity index (χ1v) is 10.5. The van der Waals surface area contributed by atoms with Crippen molar-refractivity contribution in [2.24, 2.45) is 5.92 Å². The first-order chi connectivity index (χ1) is 13.8. The molecule has 2 amide bonds. The van der Waals surface area contributed by atoms with Crippen LogP contribution in [-0.2, 0) is 9.59 Å². The van der Waals surface area contributed by atoms with E-state index in [1.165, 1.54) is 0 Å². The zero-order valence-corrected chi connectivity index (χ0v) is 18.2. The van der Waals surface area contributed by atoms with Gasteiger partial charge in [0.1, 0.15) is 0 Å². The average Bonchev–Trinajstić information content (AvgIpc) is 2.68. The van der Waals surface area contributed by atoms with E-state index in [1.807, 2.05) is 17.9 Å². The Morgan fingerprint density at radius 2 is 1.72 bits per heavy atom. The standard InChI is InChI=1S/C21H22Cl3N3O2/c1-13-2-3-15(22)10-19(13)26-21(29)14-6-8-27(9-7-14)12-20(28)25-16-4-5-17(23)18(24)11-16/h2-5,10-11,14H,6-9,12H2,1H3,(H,25,28)(H,26,29). The quantitative estimate of drug-likeness (QED) is 0.649. The van der Waals surface area contributed by atoms with E-state index in [4.69, 9.17) is 34.8 Å². The van der Waals surface area contributed by atoms with Crippen molar-refractivity contribution in [2.45, 2.75) is 19.8 Å². The topological polar surface area (TPSA) is 61.4 Å². The summed E-state index contributed by atoms with van der Waals surface area (Å²) in [5.41, 5.74) is 2.32. The van der Waals surface area contributed by atoms with Gasteiger partial charge in [0.05, 0.1) is 16.6 Å². The van der Waals surface area contributed by atoms with Crippen molar-refractivity contribution >= 4 is 58.0 Å². The second kappa shape index (κ2) is 9.81. The molecule has 0 radical (unpaired) electrons. The fraction of sp³-hybridized carbons (Fsp3) is 0.333. The van der Waals surface area contributed by atoms with Crippen LogP contribution in [0.25, 0.3) is 0 Å². The summed E-state index contributed by atoms with van der Waals surface area (Å²) in [4.78, 5) is 26.9. The minimum atomic E-state index is -0.124. The third-order valence-corrected chi connectivity index (χ3v) is 5.96. The Morgan fingerprint density at radius 3 is 2.41 bits per heavy atom. The number of nitrogens with zero attached hydrogens (tertiary/aromatic N) is 1. The number of carbonyl (C=O) groups is 2. The number of carbonyl (C=O) groups excluding carboxylic acids is 2. The van der Waals surface area contributed by atoms with Gasteiger partial charge in [-0.05, 0) is 68.8 Å². The Kier molecular flexibility index (Phi) is 7.41. The van der Waals surface area contributed by atoms with E-state index >= 15 is 0 Å². The van der Waals surface area contributed by atoms with Gasteiger partial charge in [0, 0.05) is 22.3 Å². The lowest BCUT2D eigenvalue weighted by Gasteiger charge is -2.30. The normalized spacial score (nSPS) is 15.2. The second-order valence-corrected chi connectivity index (χ2v) is 8.43. The van der Waals surface area contributed by atoms with E-state index in [0.717, 1.165) is 11.3 Å². The smallest absolute Gasteiger partial charge is 0.238 e. The highest BCUT2D eigenvalue weighted by molar-refractivity contribution is 6.42. The zero-order chi connectivity index (χ0) is 21.0. The summed E-state index contributed by atoms with van der Waals surface area (Å²) in [5.74, 6) is -0.209. The summed E-state index contributed by atoms with van der Waals surface area (Å²) in [5, 5.41) is 7.22. The van der Waals surface area contributed by atoms with Crippen LogP contribution in [0.5, 0.6) is 0 Å². The number of likely N-dealkylation sites (tertiary alicyclic amines) is 1. The molecule has 1 heterocycles. The van der Waals surface area contributed by atoms with Crippen LogP contribution in [-0.4, -0.2) is 36.3 Å². The van der Waals surface area contributed by atoms with E-state index in [0.29, 0.717) is 46.7 Å². The van der Waals surface area contributed by atoms with Gasteiger partial charge in [0.25, 0.3) is 0 Å². The Hall–Kier alpha value is -1.79. The van der Waals surface area contributed by atoms with Crippen molar-refractivity contribution in [3.63, 3.8) is 0 Å². The van der Waals surface area contributed by atoms with Crippen LogP contribution in [0.3, 0.4) is 0 Å². The van der Waals surface area contributed by atoms with Crippen LogP contribution in [0.2, 0.25) is 15.1 Å². The maximum atomic E-state index is 12.6. The molecule has 29 heavy (non-hydrogen) atoms. The van der Waals surface area contributed by atoms with Crippen LogP contribution in [0.4, 0.5) is 11.4 Å². The van der Waals surface area contributed by atoms with Crippen molar-refractivity contribution in [1.29, 1.82) is 0 Å². The number of anilines is 2. The van der Waals surface area contributed by atoms with Gasteiger partial charge in [0.2, 0.25) is 11.8 Å². The average molecular weight is 455 g/mol. The predicted molar refractivity (Wildman–Crippen MR) is 119 cm³/mol. The van der Waals surface area contributed by atoms with Crippen molar-refractivity contribution in [3.8, 4) is 0 Å². The van der Waals surface area contributed by atoms with E-state index in [9.17, 15) is 9.59 Å². The minimum absolute atomic E-state index is 0.00438. The molecule has 5 nitrogen and oxygen atoms in total. The molecule has 0 saturated carbocycles. The molecule has 8 heteroatoms. The predicted octanol–water partition coefficient (Wildman–Crippen LogP) is 5.24. The molecule has 1 fully saturated rings. The molecule has 0 unspecified atom stereocenters. The van der Waals surface area contributed by atoms with Gasteiger partial charge in [0.15, 0.2) is 0 Å². The van der Waals surface area contributed by atoms with Crippen LogP contribution in [0.15, 0.2) is 36.4 Å². The molecule has 0 aliphatic carbocycles. The number of amides is 2. The molecule has 3 rings (SSSR count). The van der Waals surface area contributed by atoms with Crippen molar-refractivity contribution in [1.82, 2.24) is 4.90 Å². The lowest BCUT2D eigenvalue weighted by Crippen LogP contribution is -2.41. The van der Waals surface area contributed by atoms with E-state index in [-0.39, 0.29) is 24.3 Å². The maximum absolute atomic E-state index is 12.6. The molecule has 0 bridgehead atoms. The van der Waals surface area contributed by atoms with Gasteiger partial charge >= 0.3 is 0 Å². The monoisotopic (exact) mass is 453 g/mol. The van der Waals surface area contributed by atoms with Gasteiger partial charge in [-0.15, -0.1) is 0 Å². The number of piperidine rings is 1. The SMILES string of the molecule is Cc1ccc(Cl)cc1NC(=O)C1CCN(CC(=O)Nc2ccc(Cl)c(Cl)c2)CC1. The summed E-state index contributed by atoms with van der Waals surface area (Å²) < 4.78 is 0. The van der Waals surface area contributed by atoms with Crippen LogP contribution in [0, 0.1) is 12.8 Å². The van der Waals surface area contributed by atoms with Crippen molar-refractivity contribution in [3.05, 3.63) is 57.0 Å². The highest BCUT2D eigenvalue weighted by Gasteiger charge is 2.26. The van der Waals surface area contributed by atoms with Crippen LogP contribution in [0.1, 0.15) is 18.4 Å². The molecule has 1 aliphatic rings. The number of nitrogens with one attached hydrogen (secondary N) is 2. The Morgan fingerprint density at radius 1 is 1.00 bits per heavy atom. The lowest BCUT2D eigenvalue weighted by molar-refractivity contribution is -0.121. The largest absolute Gasteiger partial charge is 0.326 e. The highest BCUT2D eigenvalue weighted by Crippen LogP contribution is 2.26. The first-order valence-electron chi connectivity index (χ1n) is 9.36. The first kappa shape index (κ1) is 21.9. The van der Waals surface area contributed by atoms with Crippen LogP contribution < -0.4 is 10.6 Å². The number of hydrogen-bond acceptors (Lipinski definition) is 3. The summed E-state index contributed by atoms with van der Waals surface area (Å²) in [6, 6.07) is 10.4. The Bertz CT molecular complexity index is 912. The van der Waals surface area contributed by atoms with E-state index < -0.39 is 0 Å². The lowest BCUT2D eigenvalue weighted by atomic mass is 9.95. The third-order valence-electron chi connectivity index (χ3n) is 4.99. The van der Waals surface area contributed by atoms with Gasteiger partial charge in [-0.2, -0.15) is 0 Å². The number of rotatable bonds is 5. The summed E-state index contributed by atoms with van der Waals surface area (Å²) in [7, 11) is 0.